The largest absolute Gasteiger partial charge is 0.312 e. The van der Waals surface area contributed by atoms with Crippen molar-refractivity contribution in [1.29, 1.82) is 0 Å². The Kier molecular flexibility index (Phi) is 4.91. The van der Waals surface area contributed by atoms with Crippen LogP contribution in [-0.2, 0) is 0 Å². The van der Waals surface area contributed by atoms with Gasteiger partial charge in [0.15, 0.2) is 0 Å². The molecule has 0 saturated carbocycles. The smallest absolute Gasteiger partial charge is 0.0221 e. The molecule has 0 radical (unpaired) electrons. The van der Waals surface area contributed by atoms with Crippen LogP contribution in [-0.4, -0.2) is 37.1 Å². The Morgan fingerprint density at radius 2 is 2.00 bits per heavy atom. The SMILES string of the molecule is C=CCN(CC=C)CC1NCCC1C. The summed E-state index contributed by atoms with van der Waals surface area (Å²) in [6, 6.07) is 0.648. The van der Waals surface area contributed by atoms with E-state index >= 15 is 0 Å². The summed E-state index contributed by atoms with van der Waals surface area (Å²) in [6.45, 7) is 14.1. The van der Waals surface area contributed by atoms with Gasteiger partial charge in [0.05, 0.1) is 0 Å². The lowest BCUT2D eigenvalue weighted by atomic mass is 10.0. The van der Waals surface area contributed by atoms with Gasteiger partial charge in [0.25, 0.3) is 0 Å². The maximum Gasteiger partial charge on any atom is 0.0221 e. The summed E-state index contributed by atoms with van der Waals surface area (Å²) in [5.74, 6) is 0.798. The Balaban J connectivity index is 2.36. The molecule has 1 heterocycles. The molecular weight excluding hydrogens is 172 g/mol. The predicted molar refractivity (Wildman–Crippen MR) is 62.4 cm³/mol. The van der Waals surface area contributed by atoms with Crippen LogP contribution in [0.15, 0.2) is 25.3 Å². The van der Waals surface area contributed by atoms with E-state index in [1.165, 1.54) is 13.0 Å². The number of hydrogen-bond donors (Lipinski definition) is 1. The van der Waals surface area contributed by atoms with E-state index in [2.05, 4.69) is 30.3 Å². The molecule has 1 aliphatic heterocycles. The lowest BCUT2D eigenvalue weighted by Gasteiger charge is -2.25. The van der Waals surface area contributed by atoms with E-state index in [-0.39, 0.29) is 0 Å². The average Bonchev–Trinajstić information content (AvgIpc) is 2.53. The molecule has 1 aliphatic rings. The van der Waals surface area contributed by atoms with Gasteiger partial charge < -0.3 is 5.32 Å². The Hall–Kier alpha value is -0.600. The Morgan fingerprint density at radius 1 is 1.36 bits per heavy atom. The first-order valence-corrected chi connectivity index (χ1v) is 5.45. The summed E-state index contributed by atoms with van der Waals surface area (Å²) in [6.07, 6.45) is 5.23. The van der Waals surface area contributed by atoms with Crippen LogP contribution in [0.1, 0.15) is 13.3 Å². The molecule has 14 heavy (non-hydrogen) atoms. The standard InChI is InChI=1S/C12H22N2/c1-4-8-14(9-5-2)10-12-11(3)6-7-13-12/h4-5,11-13H,1-2,6-10H2,3H3. The molecule has 0 spiro atoms. The minimum atomic E-state index is 0.648. The minimum absolute atomic E-state index is 0.648. The molecule has 2 atom stereocenters. The molecule has 1 N–H and O–H groups in total. The zero-order chi connectivity index (χ0) is 10.4. The fourth-order valence-corrected chi connectivity index (χ4v) is 2.01. The van der Waals surface area contributed by atoms with Crippen molar-refractivity contribution in [2.45, 2.75) is 19.4 Å². The van der Waals surface area contributed by atoms with E-state index in [1.54, 1.807) is 0 Å². The molecule has 0 amide bonds. The molecule has 0 aromatic heterocycles. The first-order valence-electron chi connectivity index (χ1n) is 5.45. The maximum absolute atomic E-state index is 3.78. The summed E-state index contributed by atoms with van der Waals surface area (Å²) in [5, 5.41) is 3.54. The lowest BCUT2D eigenvalue weighted by Crippen LogP contribution is -2.40. The summed E-state index contributed by atoms with van der Waals surface area (Å²) in [4.78, 5) is 2.37. The number of nitrogens with zero attached hydrogens (tertiary/aromatic N) is 1. The van der Waals surface area contributed by atoms with Gasteiger partial charge in [0, 0.05) is 25.7 Å². The van der Waals surface area contributed by atoms with Crippen molar-refractivity contribution >= 4 is 0 Å². The third-order valence-corrected chi connectivity index (χ3v) is 2.92. The third-order valence-electron chi connectivity index (χ3n) is 2.92. The molecule has 0 aliphatic carbocycles. The minimum Gasteiger partial charge on any atom is -0.312 e. The molecule has 0 bridgehead atoms. The first kappa shape index (κ1) is 11.5. The normalized spacial score (nSPS) is 26.7. The van der Waals surface area contributed by atoms with Gasteiger partial charge in [-0.2, -0.15) is 0 Å². The Labute approximate surface area is 87.7 Å². The van der Waals surface area contributed by atoms with E-state index in [0.717, 1.165) is 25.6 Å². The van der Waals surface area contributed by atoms with Crippen molar-refractivity contribution in [1.82, 2.24) is 10.2 Å². The van der Waals surface area contributed by atoms with E-state index in [4.69, 9.17) is 0 Å². The lowest BCUT2D eigenvalue weighted by molar-refractivity contribution is 0.277. The van der Waals surface area contributed by atoms with Gasteiger partial charge in [-0.25, -0.2) is 0 Å². The number of rotatable bonds is 6. The van der Waals surface area contributed by atoms with Gasteiger partial charge in [0.1, 0.15) is 0 Å². The highest BCUT2D eigenvalue weighted by molar-refractivity contribution is 4.87. The highest BCUT2D eigenvalue weighted by Gasteiger charge is 2.23. The topological polar surface area (TPSA) is 15.3 Å². The maximum atomic E-state index is 3.78. The van der Waals surface area contributed by atoms with Gasteiger partial charge >= 0.3 is 0 Å². The van der Waals surface area contributed by atoms with E-state index < -0.39 is 0 Å². The molecule has 1 fully saturated rings. The highest BCUT2D eigenvalue weighted by atomic mass is 15.1. The van der Waals surface area contributed by atoms with Crippen molar-refractivity contribution < 1.29 is 0 Å². The first-order chi connectivity index (χ1) is 6.77. The van der Waals surface area contributed by atoms with Crippen molar-refractivity contribution in [3.63, 3.8) is 0 Å². The predicted octanol–water partition coefficient (Wildman–Crippen LogP) is 1.66. The van der Waals surface area contributed by atoms with Gasteiger partial charge in [-0.1, -0.05) is 19.1 Å². The highest BCUT2D eigenvalue weighted by Crippen LogP contribution is 2.15. The van der Waals surface area contributed by atoms with Gasteiger partial charge in [-0.15, -0.1) is 13.2 Å². The van der Waals surface area contributed by atoms with Crippen molar-refractivity contribution in [3.05, 3.63) is 25.3 Å². The van der Waals surface area contributed by atoms with Crippen LogP contribution >= 0.6 is 0 Å². The Morgan fingerprint density at radius 3 is 2.43 bits per heavy atom. The number of nitrogens with one attached hydrogen (secondary N) is 1. The molecule has 1 saturated heterocycles. The zero-order valence-electron chi connectivity index (χ0n) is 9.21. The van der Waals surface area contributed by atoms with Crippen LogP contribution in [0.3, 0.4) is 0 Å². The van der Waals surface area contributed by atoms with Gasteiger partial charge in [-0.05, 0) is 18.9 Å². The van der Waals surface area contributed by atoms with Gasteiger partial charge in [0.2, 0.25) is 0 Å². The quantitative estimate of drug-likeness (QED) is 0.647. The fraction of sp³-hybridized carbons (Fsp3) is 0.667. The molecule has 80 valence electrons. The third kappa shape index (κ3) is 3.28. The molecule has 2 unspecified atom stereocenters. The van der Waals surface area contributed by atoms with Crippen LogP contribution in [0.5, 0.6) is 0 Å². The van der Waals surface area contributed by atoms with Crippen LogP contribution in [0.2, 0.25) is 0 Å². The van der Waals surface area contributed by atoms with E-state index in [1.807, 2.05) is 12.2 Å². The van der Waals surface area contributed by atoms with Crippen LogP contribution in [0.4, 0.5) is 0 Å². The van der Waals surface area contributed by atoms with Crippen LogP contribution < -0.4 is 5.32 Å². The van der Waals surface area contributed by atoms with E-state index in [0.29, 0.717) is 6.04 Å². The summed E-state index contributed by atoms with van der Waals surface area (Å²) in [5.41, 5.74) is 0. The average molecular weight is 194 g/mol. The van der Waals surface area contributed by atoms with Crippen LogP contribution in [0, 0.1) is 5.92 Å². The second kappa shape index (κ2) is 5.99. The molecule has 0 aromatic carbocycles. The van der Waals surface area contributed by atoms with Crippen molar-refractivity contribution in [2.75, 3.05) is 26.2 Å². The Bertz CT molecular complexity index is 179. The summed E-state index contributed by atoms with van der Waals surface area (Å²) in [7, 11) is 0. The summed E-state index contributed by atoms with van der Waals surface area (Å²) >= 11 is 0. The van der Waals surface area contributed by atoms with E-state index in [9.17, 15) is 0 Å². The molecule has 2 nitrogen and oxygen atoms in total. The zero-order valence-corrected chi connectivity index (χ0v) is 9.21. The van der Waals surface area contributed by atoms with Crippen molar-refractivity contribution in [3.8, 4) is 0 Å². The second-order valence-corrected chi connectivity index (χ2v) is 4.12. The number of hydrogen-bond acceptors (Lipinski definition) is 2. The molecule has 0 aromatic rings. The van der Waals surface area contributed by atoms with Gasteiger partial charge in [-0.3, -0.25) is 4.90 Å². The molecular formula is C12H22N2. The summed E-state index contributed by atoms with van der Waals surface area (Å²) < 4.78 is 0. The van der Waals surface area contributed by atoms with Crippen molar-refractivity contribution in [2.24, 2.45) is 5.92 Å². The van der Waals surface area contributed by atoms with Crippen LogP contribution in [0.25, 0.3) is 0 Å². The monoisotopic (exact) mass is 194 g/mol. The molecule has 1 rings (SSSR count). The fourth-order valence-electron chi connectivity index (χ4n) is 2.01. The second-order valence-electron chi connectivity index (χ2n) is 4.12. The molecule has 2 heteroatoms.